The maximum atomic E-state index is 11.8. The van der Waals surface area contributed by atoms with Crippen LogP contribution in [0.5, 0.6) is 0 Å². The molecule has 5 nitrogen and oxygen atoms in total. The molecule has 106 valence electrons. The average molecular weight is 257 g/mol. The summed E-state index contributed by atoms with van der Waals surface area (Å²) in [6.45, 7) is 2.50. The molecule has 1 unspecified atom stereocenters. The summed E-state index contributed by atoms with van der Waals surface area (Å²) in [6, 6.07) is 0. The predicted molar refractivity (Wildman–Crippen MR) is 72.2 cm³/mol. The van der Waals surface area contributed by atoms with Gasteiger partial charge >= 0.3 is 0 Å². The van der Waals surface area contributed by atoms with Gasteiger partial charge in [0.15, 0.2) is 0 Å². The summed E-state index contributed by atoms with van der Waals surface area (Å²) in [7, 11) is 3.79. The number of hydrogen-bond acceptors (Lipinski definition) is 4. The van der Waals surface area contributed by atoms with Gasteiger partial charge in [0.2, 0.25) is 5.91 Å². The number of carbonyl (C=O) groups is 1. The molecule has 1 rings (SSSR count). The van der Waals surface area contributed by atoms with Gasteiger partial charge in [-0.05, 0) is 33.9 Å². The molecule has 5 heteroatoms. The first-order valence-electron chi connectivity index (χ1n) is 6.65. The van der Waals surface area contributed by atoms with Gasteiger partial charge in [-0.2, -0.15) is 0 Å². The first kappa shape index (κ1) is 15.4. The van der Waals surface area contributed by atoms with E-state index in [1.54, 1.807) is 6.92 Å². The molecule has 1 fully saturated rings. The van der Waals surface area contributed by atoms with Crippen LogP contribution in [0, 0.1) is 0 Å². The highest BCUT2D eigenvalue weighted by molar-refractivity contribution is 5.77. The molecule has 0 heterocycles. The van der Waals surface area contributed by atoms with Crippen LogP contribution in [0.3, 0.4) is 0 Å². The van der Waals surface area contributed by atoms with Crippen LogP contribution in [0.4, 0.5) is 0 Å². The second-order valence-electron chi connectivity index (χ2n) is 6.26. The molecule has 1 aliphatic rings. The number of amides is 1. The van der Waals surface area contributed by atoms with Crippen LogP contribution in [-0.2, 0) is 4.79 Å². The fraction of sp³-hybridized carbons (Fsp3) is 0.923. The molecule has 4 N–H and O–H groups in total. The fourth-order valence-electron chi connectivity index (χ4n) is 2.66. The Kier molecular flexibility index (Phi) is 5.13. The van der Waals surface area contributed by atoms with Gasteiger partial charge in [0.1, 0.15) is 0 Å². The highest BCUT2D eigenvalue weighted by Crippen LogP contribution is 2.29. The third kappa shape index (κ3) is 5.33. The molecule has 0 radical (unpaired) electrons. The van der Waals surface area contributed by atoms with Gasteiger partial charge in [-0.3, -0.25) is 4.79 Å². The van der Waals surface area contributed by atoms with Crippen LogP contribution in [0.15, 0.2) is 0 Å². The zero-order valence-electron chi connectivity index (χ0n) is 11.8. The molecule has 0 saturated heterocycles. The Balaban J connectivity index is 2.32. The molecule has 18 heavy (non-hydrogen) atoms. The first-order valence-corrected chi connectivity index (χ1v) is 6.65. The van der Waals surface area contributed by atoms with E-state index in [9.17, 15) is 9.90 Å². The Hall–Kier alpha value is -0.650. The summed E-state index contributed by atoms with van der Waals surface area (Å²) < 4.78 is 0. The highest BCUT2D eigenvalue weighted by Gasteiger charge is 2.32. The number of carbonyl (C=O) groups excluding carboxylic acids is 1. The van der Waals surface area contributed by atoms with Gasteiger partial charge in [0, 0.05) is 25.0 Å². The van der Waals surface area contributed by atoms with Gasteiger partial charge in [0.25, 0.3) is 0 Å². The molecule has 1 amide bonds. The third-order valence-electron chi connectivity index (χ3n) is 3.44. The minimum atomic E-state index is -0.906. The molecule has 0 aliphatic heterocycles. The number of aliphatic hydroxyl groups is 1. The van der Waals surface area contributed by atoms with Crippen molar-refractivity contribution in [2.75, 3.05) is 27.2 Å². The number of nitrogens with one attached hydrogen (secondary N) is 1. The Morgan fingerprint density at radius 2 is 2.00 bits per heavy atom. The zero-order chi connectivity index (χ0) is 13.8. The monoisotopic (exact) mass is 257 g/mol. The van der Waals surface area contributed by atoms with E-state index in [1.165, 1.54) is 0 Å². The van der Waals surface area contributed by atoms with Gasteiger partial charge < -0.3 is 21.1 Å². The third-order valence-corrected chi connectivity index (χ3v) is 3.44. The molecule has 0 spiro atoms. The van der Waals surface area contributed by atoms with Gasteiger partial charge in [0.05, 0.1) is 5.60 Å². The fourth-order valence-corrected chi connectivity index (χ4v) is 2.66. The first-order chi connectivity index (χ1) is 8.22. The lowest BCUT2D eigenvalue weighted by molar-refractivity contribution is -0.123. The summed E-state index contributed by atoms with van der Waals surface area (Å²) in [5.74, 6) is -0.0570. The molecule has 1 aliphatic carbocycles. The summed E-state index contributed by atoms with van der Waals surface area (Å²) in [6.07, 6.45) is 4.44. The summed E-state index contributed by atoms with van der Waals surface area (Å²) >= 11 is 0. The number of nitrogens with two attached hydrogens (primary N) is 1. The van der Waals surface area contributed by atoms with Crippen molar-refractivity contribution in [1.82, 2.24) is 10.2 Å². The molecule has 1 atom stereocenters. The van der Waals surface area contributed by atoms with E-state index in [4.69, 9.17) is 5.73 Å². The maximum absolute atomic E-state index is 11.8. The number of nitrogens with zero attached hydrogens (tertiary/aromatic N) is 1. The highest BCUT2D eigenvalue weighted by atomic mass is 16.3. The van der Waals surface area contributed by atoms with Crippen molar-refractivity contribution in [2.45, 2.75) is 50.2 Å². The van der Waals surface area contributed by atoms with Crippen molar-refractivity contribution >= 4 is 5.91 Å². The van der Waals surface area contributed by atoms with Crippen molar-refractivity contribution in [3.05, 3.63) is 0 Å². The normalized spacial score (nSPS) is 21.9. The number of hydrogen-bond donors (Lipinski definition) is 3. The van der Waals surface area contributed by atoms with Crippen LogP contribution in [-0.4, -0.2) is 54.2 Å². The minimum Gasteiger partial charge on any atom is -0.387 e. The molecule has 1 saturated carbocycles. The molecular formula is C13H27N3O2. The Labute approximate surface area is 110 Å². The van der Waals surface area contributed by atoms with E-state index in [0.29, 0.717) is 13.0 Å². The average Bonchev–Trinajstić information content (AvgIpc) is 2.60. The molecule has 0 aromatic rings. The van der Waals surface area contributed by atoms with E-state index in [1.807, 2.05) is 19.0 Å². The van der Waals surface area contributed by atoms with E-state index in [0.717, 1.165) is 25.7 Å². The number of rotatable bonds is 6. The van der Waals surface area contributed by atoms with Crippen LogP contribution in [0.25, 0.3) is 0 Å². The lowest BCUT2D eigenvalue weighted by Gasteiger charge is -2.28. The Bertz CT molecular complexity index is 284. The molecule has 0 aromatic carbocycles. The van der Waals surface area contributed by atoms with Gasteiger partial charge in [-0.25, -0.2) is 0 Å². The van der Waals surface area contributed by atoms with E-state index >= 15 is 0 Å². The lowest BCUT2D eigenvalue weighted by Crippen LogP contribution is -2.49. The summed E-state index contributed by atoms with van der Waals surface area (Å²) in [5, 5.41) is 12.9. The quantitative estimate of drug-likeness (QED) is 0.629. The number of likely N-dealkylation sites (N-methyl/N-ethyl adjacent to an activating group) is 1. The van der Waals surface area contributed by atoms with E-state index in [-0.39, 0.29) is 18.0 Å². The topological polar surface area (TPSA) is 78.6 Å². The minimum absolute atomic E-state index is 0.0570. The second-order valence-corrected chi connectivity index (χ2v) is 6.26. The maximum Gasteiger partial charge on any atom is 0.221 e. The molecule has 0 aromatic heterocycles. The standard InChI is InChI=1S/C13H27N3O2/c1-12(18,10-16(2)3)9-15-11(17)8-13(14)6-4-5-7-13/h18H,4-10,14H2,1-3H3,(H,15,17). The molecule has 0 bridgehead atoms. The summed E-state index contributed by atoms with van der Waals surface area (Å²) in [4.78, 5) is 13.7. The zero-order valence-corrected chi connectivity index (χ0v) is 11.8. The van der Waals surface area contributed by atoms with Crippen LogP contribution in [0.1, 0.15) is 39.0 Å². The van der Waals surface area contributed by atoms with E-state index in [2.05, 4.69) is 5.32 Å². The lowest BCUT2D eigenvalue weighted by atomic mass is 9.94. The largest absolute Gasteiger partial charge is 0.387 e. The smallest absolute Gasteiger partial charge is 0.221 e. The summed E-state index contributed by atoms with van der Waals surface area (Å²) in [5.41, 5.74) is 4.92. The predicted octanol–water partition coefficient (Wildman–Crippen LogP) is 0.0768. The van der Waals surface area contributed by atoms with E-state index < -0.39 is 5.60 Å². The molecular weight excluding hydrogens is 230 g/mol. The van der Waals surface area contributed by atoms with Crippen molar-refractivity contribution in [3.8, 4) is 0 Å². The van der Waals surface area contributed by atoms with Crippen molar-refractivity contribution in [2.24, 2.45) is 5.73 Å². The Morgan fingerprint density at radius 3 is 2.50 bits per heavy atom. The van der Waals surface area contributed by atoms with Gasteiger partial charge in [-0.15, -0.1) is 0 Å². The van der Waals surface area contributed by atoms with Crippen LogP contribution >= 0.6 is 0 Å². The van der Waals surface area contributed by atoms with Crippen molar-refractivity contribution in [3.63, 3.8) is 0 Å². The Morgan fingerprint density at radius 1 is 1.44 bits per heavy atom. The van der Waals surface area contributed by atoms with Crippen molar-refractivity contribution in [1.29, 1.82) is 0 Å². The van der Waals surface area contributed by atoms with Crippen molar-refractivity contribution < 1.29 is 9.90 Å². The van der Waals surface area contributed by atoms with Gasteiger partial charge in [-0.1, -0.05) is 12.8 Å². The van der Waals surface area contributed by atoms with Crippen LogP contribution < -0.4 is 11.1 Å². The SMILES string of the molecule is CN(C)CC(C)(O)CNC(=O)CC1(N)CCCC1. The second kappa shape index (κ2) is 5.99. The van der Waals surface area contributed by atoms with Crippen LogP contribution in [0.2, 0.25) is 0 Å².